The standard InChI is InChI=1S/C17H11F5N2O2/c18-16(19)26-11-7-5-10(6-8-11)14(25)9-24-13-4-2-1-3-12(13)23-15(24)17(20,21)22/h1-8,16H,9H2. The number of halogens is 5. The number of ketones is 1. The van der Waals surface area contributed by atoms with Gasteiger partial charge < -0.3 is 9.30 Å². The minimum absolute atomic E-state index is 0.0671. The number of carbonyl (C=O) groups excluding carboxylic acids is 1. The van der Waals surface area contributed by atoms with Crippen molar-refractivity contribution in [3.63, 3.8) is 0 Å². The zero-order valence-corrected chi connectivity index (χ0v) is 13.0. The molecule has 0 spiro atoms. The van der Waals surface area contributed by atoms with Gasteiger partial charge in [0.2, 0.25) is 5.82 Å². The van der Waals surface area contributed by atoms with E-state index in [1.54, 1.807) is 12.1 Å². The SMILES string of the molecule is O=C(Cn1c(C(F)(F)F)nc2ccccc21)c1ccc(OC(F)F)cc1. The predicted octanol–water partition coefficient (Wildman–Crippen LogP) is 4.54. The minimum atomic E-state index is -4.73. The number of imidazole rings is 1. The summed E-state index contributed by atoms with van der Waals surface area (Å²) in [6, 6.07) is 10.7. The van der Waals surface area contributed by atoms with E-state index in [0.717, 1.165) is 16.7 Å². The van der Waals surface area contributed by atoms with Crippen LogP contribution in [0.5, 0.6) is 5.75 Å². The van der Waals surface area contributed by atoms with Crippen LogP contribution in [0.2, 0.25) is 0 Å². The minimum Gasteiger partial charge on any atom is -0.435 e. The summed E-state index contributed by atoms with van der Waals surface area (Å²) in [4.78, 5) is 15.9. The van der Waals surface area contributed by atoms with E-state index in [1.807, 2.05) is 0 Å². The van der Waals surface area contributed by atoms with Crippen LogP contribution in [0.3, 0.4) is 0 Å². The molecule has 0 unspecified atom stereocenters. The maximum absolute atomic E-state index is 13.2. The van der Waals surface area contributed by atoms with Crippen molar-refractivity contribution in [2.75, 3.05) is 0 Å². The first kappa shape index (κ1) is 17.8. The second kappa shape index (κ2) is 6.74. The van der Waals surface area contributed by atoms with Crippen LogP contribution in [0.15, 0.2) is 48.5 Å². The Morgan fingerprint density at radius 3 is 2.35 bits per heavy atom. The highest BCUT2D eigenvalue weighted by Crippen LogP contribution is 2.31. The molecular weight excluding hydrogens is 359 g/mol. The fourth-order valence-electron chi connectivity index (χ4n) is 2.51. The predicted molar refractivity (Wildman–Crippen MR) is 82.1 cm³/mol. The topological polar surface area (TPSA) is 44.1 Å². The zero-order valence-electron chi connectivity index (χ0n) is 13.0. The number of aromatic nitrogens is 2. The number of carbonyl (C=O) groups is 1. The largest absolute Gasteiger partial charge is 0.449 e. The van der Waals surface area contributed by atoms with Crippen LogP contribution < -0.4 is 4.74 Å². The molecule has 0 amide bonds. The van der Waals surface area contributed by atoms with Crippen LogP contribution in [-0.4, -0.2) is 21.9 Å². The lowest BCUT2D eigenvalue weighted by atomic mass is 10.1. The number of rotatable bonds is 5. The summed E-state index contributed by atoms with van der Waals surface area (Å²) in [6.07, 6.45) is -4.73. The molecular formula is C17H11F5N2O2. The molecule has 0 aliphatic carbocycles. The summed E-state index contributed by atoms with van der Waals surface area (Å²) in [5.74, 6) is -1.95. The maximum atomic E-state index is 13.2. The van der Waals surface area contributed by atoms with Gasteiger partial charge in [0.15, 0.2) is 5.78 Å². The molecule has 136 valence electrons. The second-order valence-corrected chi connectivity index (χ2v) is 5.33. The van der Waals surface area contributed by atoms with Gasteiger partial charge >= 0.3 is 12.8 Å². The van der Waals surface area contributed by atoms with Crippen molar-refractivity contribution in [2.45, 2.75) is 19.3 Å². The Balaban J connectivity index is 1.92. The molecule has 3 rings (SSSR count). The molecule has 0 atom stereocenters. The third-order valence-corrected chi connectivity index (χ3v) is 3.61. The summed E-state index contributed by atoms with van der Waals surface area (Å²) < 4.78 is 68.9. The van der Waals surface area contributed by atoms with E-state index in [0.29, 0.717) is 0 Å². The van der Waals surface area contributed by atoms with Crippen LogP contribution in [0, 0.1) is 0 Å². The van der Waals surface area contributed by atoms with Crippen molar-refractivity contribution in [3.05, 3.63) is 59.9 Å². The normalized spacial score (nSPS) is 11.9. The average Bonchev–Trinajstić information content (AvgIpc) is 2.94. The Kier molecular flexibility index (Phi) is 4.62. The number of alkyl halides is 5. The molecule has 1 heterocycles. The molecule has 2 aromatic carbocycles. The number of benzene rings is 2. The molecule has 0 saturated carbocycles. The summed E-state index contributed by atoms with van der Waals surface area (Å²) >= 11 is 0. The average molecular weight is 370 g/mol. The van der Waals surface area contributed by atoms with Gasteiger partial charge in [0.05, 0.1) is 17.6 Å². The summed E-state index contributed by atoms with van der Waals surface area (Å²) in [5.41, 5.74) is 0.358. The van der Waals surface area contributed by atoms with E-state index in [2.05, 4.69) is 9.72 Å². The van der Waals surface area contributed by atoms with Gasteiger partial charge in [-0.1, -0.05) is 12.1 Å². The van der Waals surface area contributed by atoms with E-state index in [-0.39, 0.29) is 22.3 Å². The number of hydrogen-bond donors (Lipinski definition) is 0. The van der Waals surface area contributed by atoms with E-state index in [4.69, 9.17) is 0 Å². The summed E-state index contributed by atoms with van der Waals surface area (Å²) in [7, 11) is 0. The lowest BCUT2D eigenvalue weighted by Gasteiger charge is -2.11. The Morgan fingerprint density at radius 1 is 1.08 bits per heavy atom. The number of Topliss-reactive ketones (excluding diaryl/α,β-unsaturated/α-hetero) is 1. The van der Waals surface area contributed by atoms with E-state index in [9.17, 15) is 26.7 Å². The lowest BCUT2D eigenvalue weighted by Crippen LogP contribution is -2.19. The third kappa shape index (κ3) is 3.66. The van der Waals surface area contributed by atoms with Crippen molar-refractivity contribution < 1.29 is 31.5 Å². The van der Waals surface area contributed by atoms with Crippen LogP contribution in [0.4, 0.5) is 22.0 Å². The molecule has 26 heavy (non-hydrogen) atoms. The molecule has 3 aromatic rings. The third-order valence-electron chi connectivity index (χ3n) is 3.61. The van der Waals surface area contributed by atoms with Gasteiger partial charge in [0.1, 0.15) is 5.75 Å². The first-order chi connectivity index (χ1) is 12.3. The molecule has 0 bridgehead atoms. The van der Waals surface area contributed by atoms with Crippen LogP contribution in [0.25, 0.3) is 11.0 Å². The highest BCUT2D eigenvalue weighted by atomic mass is 19.4. The van der Waals surface area contributed by atoms with Crippen molar-refractivity contribution >= 4 is 16.8 Å². The van der Waals surface area contributed by atoms with Gasteiger partial charge in [0, 0.05) is 5.56 Å². The monoisotopic (exact) mass is 370 g/mol. The van der Waals surface area contributed by atoms with Crippen molar-refractivity contribution in [1.82, 2.24) is 9.55 Å². The van der Waals surface area contributed by atoms with Crippen LogP contribution in [0.1, 0.15) is 16.2 Å². The quantitative estimate of drug-likeness (QED) is 0.489. The highest BCUT2D eigenvalue weighted by molar-refractivity contribution is 5.96. The molecule has 1 aromatic heterocycles. The van der Waals surface area contributed by atoms with Crippen LogP contribution >= 0.6 is 0 Å². The Bertz CT molecular complexity index is 932. The van der Waals surface area contributed by atoms with Crippen molar-refractivity contribution in [2.24, 2.45) is 0 Å². The Morgan fingerprint density at radius 2 is 1.73 bits per heavy atom. The fourth-order valence-corrected chi connectivity index (χ4v) is 2.51. The number of para-hydroxylation sites is 2. The zero-order chi connectivity index (χ0) is 18.9. The van der Waals surface area contributed by atoms with E-state index in [1.165, 1.54) is 24.3 Å². The first-order valence-electron chi connectivity index (χ1n) is 7.36. The first-order valence-corrected chi connectivity index (χ1v) is 7.36. The van der Waals surface area contributed by atoms with Gasteiger partial charge in [-0.05, 0) is 36.4 Å². The van der Waals surface area contributed by atoms with E-state index >= 15 is 0 Å². The number of nitrogens with zero attached hydrogens (tertiary/aromatic N) is 2. The number of hydrogen-bond acceptors (Lipinski definition) is 3. The van der Waals surface area contributed by atoms with Crippen molar-refractivity contribution in [3.8, 4) is 5.75 Å². The van der Waals surface area contributed by atoms with Gasteiger partial charge in [-0.15, -0.1) is 0 Å². The molecule has 0 fully saturated rings. The van der Waals surface area contributed by atoms with Gasteiger partial charge in [-0.2, -0.15) is 22.0 Å². The highest BCUT2D eigenvalue weighted by Gasteiger charge is 2.38. The molecule has 0 aliphatic heterocycles. The van der Waals surface area contributed by atoms with Gasteiger partial charge in [-0.25, -0.2) is 4.98 Å². The molecule has 0 N–H and O–H groups in total. The van der Waals surface area contributed by atoms with Crippen molar-refractivity contribution in [1.29, 1.82) is 0 Å². The summed E-state index contributed by atoms with van der Waals surface area (Å²) in [5, 5.41) is 0. The number of fused-ring (bicyclic) bond motifs is 1. The van der Waals surface area contributed by atoms with Crippen LogP contribution in [-0.2, 0) is 12.7 Å². The molecule has 4 nitrogen and oxygen atoms in total. The maximum Gasteiger partial charge on any atom is 0.449 e. The molecule has 0 saturated heterocycles. The van der Waals surface area contributed by atoms with E-state index < -0.39 is 30.9 Å². The number of ether oxygens (including phenoxy) is 1. The fraction of sp³-hybridized carbons (Fsp3) is 0.176. The van der Waals surface area contributed by atoms with Gasteiger partial charge in [-0.3, -0.25) is 4.79 Å². The smallest absolute Gasteiger partial charge is 0.435 e. The second-order valence-electron chi connectivity index (χ2n) is 5.33. The Labute approximate surface area is 143 Å². The Hall–Kier alpha value is -2.97. The lowest BCUT2D eigenvalue weighted by molar-refractivity contribution is -0.146. The molecule has 0 aliphatic rings. The van der Waals surface area contributed by atoms with Gasteiger partial charge in [0.25, 0.3) is 0 Å². The molecule has 0 radical (unpaired) electrons. The molecule has 9 heteroatoms. The summed E-state index contributed by atoms with van der Waals surface area (Å²) in [6.45, 7) is -3.60.